The van der Waals surface area contributed by atoms with E-state index in [0.29, 0.717) is 5.69 Å². The third kappa shape index (κ3) is 4.10. The van der Waals surface area contributed by atoms with Crippen molar-refractivity contribution in [1.29, 1.82) is 0 Å². The highest BCUT2D eigenvalue weighted by atomic mass is 16.1. The van der Waals surface area contributed by atoms with E-state index in [4.69, 9.17) is 0 Å². The molecule has 0 aliphatic heterocycles. The van der Waals surface area contributed by atoms with Gasteiger partial charge in [0.05, 0.1) is 5.69 Å². The Morgan fingerprint density at radius 2 is 1.90 bits per heavy atom. The Hall–Kier alpha value is -3.41. The lowest BCUT2D eigenvalue weighted by Gasteiger charge is -2.22. The van der Waals surface area contributed by atoms with E-state index in [1.54, 1.807) is 6.20 Å². The molecule has 0 saturated heterocycles. The van der Waals surface area contributed by atoms with Crippen LogP contribution in [0.1, 0.15) is 53.7 Å². The van der Waals surface area contributed by atoms with E-state index in [-0.39, 0.29) is 11.9 Å². The lowest BCUT2D eigenvalue weighted by Crippen LogP contribution is -2.36. The van der Waals surface area contributed by atoms with Crippen molar-refractivity contribution in [3.8, 4) is 5.69 Å². The van der Waals surface area contributed by atoms with Crippen LogP contribution in [-0.4, -0.2) is 31.3 Å². The lowest BCUT2D eigenvalue weighted by atomic mass is 9.95. The van der Waals surface area contributed by atoms with Gasteiger partial charge in [-0.1, -0.05) is 31.4 Å². The number of nitrogens with one attached hydrogen (secondary N) is 1. The molecule has 1 saturated carbocycles. The maximum Gasteiger partial charge on any atom is 0.270 e. The SMILES string of the molecule is Cn1ccc2c(Cc3ccc(-n4cccn4)cc3)cc(C(=O)NC3CCCCC3)nc21. The summed E-state index contributed by atoms with van der Waals surface area (Å²) in [6.45, 7) is 0. The van der Waals surface area contributed by atoms with Gasteiger partial charge in [0.15, 0.2) is 0 Å². The van der Waals surface area contributed by atoms with Gasteiger partial charge in [-0.3, -0.25) is 4.79 Å². The third-order valence-corrected chi connectivity index (χ3v) is 6.20. The predicted octanol–water partition coefficient (Wildman–Crippen LogP) is 4.41. The molecule has 5 rings (SSSR count). The zero-order chi connectivity index (χ0) is 21.2. The van der Waals surface area contributed by atoms with Crippen LogP contribution in [0.4, 0.5) is 0 Å². The maximum atomic E-state index is 13.0. The number of fused-ring (bicyclic) bond motifs is 1. The Morgan fingerprint density at radius 3 is 2.65 bits per heavy atom. The number of pyridine rings is 1. The predicted molar refractivity (Wildman–Crippen MR) is 121 cm³/mol. The Bertz CT molecular complexity index is 1180. The Balaban J connectivity index is 1.42. The van der Waals surface area contributed by atoms with Gasteiger partial charge in [0, 0.05) is 37.1 Å². The highest BCUT2D eigenvalue weighted by molar-refractivity contribution is 5.95. The van der Waals surface area contributed by atoms with Crippen LogP contribution in [-0.2, 0) is 13.5 Å². The summed E-state index contributed by atoms with van der Waals surface area (Å²) in [6.07, 6.45) is 12.2. The van der Waals surface area contributed by atoms with Crippen molar-refractivity contribution in [3.05, 3.63) is 77.9 Å². The molecule has 1 aromatic carbocycles. The molecule has 1 amide bonds. The summed E-state index contributed by atoms with van der Waals surface area (Å²) in [4.78, 5) is 17.7. The summed E-state index contributed by atoms with van der Waals surface area (Å²) in [5, 5.41) is 8.58. The van der Waals surface area contributed by atoms with Gasteiger partial charge in [0.25, 0.3) is 5.91 Å². The average molecular weight is 414 g/mol. The number of nitrogens with zero attached hydrogens (tertiary/aromatic N) is 4. The number of aromatic nitrogens is 4. The smallest absolute Gasteiger partial charge is 0.270 e. The fourth-order valence-corrected chi connectivity index (χ4v) is 4.48. The molecule has 1 fully saturated rings. The first kappa shape index (κ1) is 19.5. The molecule has 1 aliphatic carbocycles. The molecule has 3 aromatic heterocycles. The minimum absolute atomic E-state index is 0.0646. The van der Waals surface area contributed by atoms with Crippen molar-refractivity contribution in [3.63, 3.8) is 0 Å². The van der Waals surface area contributed by atoms with E-state index < -0.39 is 0 Å². The van der Waals surface area contributed by atoms with Crippen molar-refractivity contribution in [2.75, 3.05) is 0 Å². The topological polar surface area (TPSA) is 64.7 Å². The zero-order valence-electron chi connectivity index (χ0n) is 17.8. The molecule has 6 heteroatoms. The molecular weight excluding hydrogens is 386 g/mol. The summed E-state index contributed by atoms with van der Waals surface area (Å²) in [6, 6.07) is 14.6. The first-order chi connectivity index (χ1) is 15.2. The molecule has 0 spiro atoms. The highest BCUT2D eigenvalue weighted by Crippen LogP contribution is 2.24. The lowest BCUT2D eigenvalue weighted by molar-refractivity contribution is 0.0923. The first-order valence-corrected chi connectivity index (χ1v) is 11.0. The monoisotopic (exact) mass is 413 g/mol. The van der Waals surface area contributed by atoms with Gasteiger partial charge in [0.2, 0.25) is 0 Å². The average Bonchev–Trinajstić information content (AvgIpc) is 3.46. The molecule has 31 heavy (non-hydrogen) atoms. The summed E-state index contributed by atoms with van der Waals surface area (Å²) in [7, 11) is 1.97. The van der Waals surface area contributed by atoms with Crippen molar-refractivity contribution in [2.24, 2.45) is 7.05 Å². The first-order valence-electron chi connectivity index (χ1n) is 11.0. The van der Waals surface area contributed by atoms with E-state index in [1.807, 2.05) is 40.8 Å². The molecule has 0 atom stereocenters. The number of aryl methyl sites for hydroxylation is 1. The van der Waals surface area contributed by atoms with Crippen LogP contribution in [0.15, 0.2) is 61.1 Å². The molecule has 0 radical (unpaired) electrons. The van der Waals surface area contributed by atoms with Crippen LogP contribution in [0.25, 0.3) is 16.7 Å². The zero-order valence-corrected chi connectivity index (χ0v) is 17.8. The molecule has 0 unspecified atom stereocenters. The summed E-state index contributed by atoms with van der Waals surface area (Å²) in [5.41, 5.74) is 4.68. The fraction of sp³-hybridized carbons (Fsp3) is 0.320. The fourth-order valence-electron chi connectivity index (χ4n) is 4.48. The van der Waals surface area contributed by atoms with Gasteiger partial charge < -0.3 is 9.88 Å². The van der Waals surface area contributed by atoms with Gasteiger partial charge in [-0.15, -0.1) is 0 Å². The van der Waals surface area contributed by atoms with E-state index in [9.17, 15) is 4.79 Å². The Labute approximate surface area is 181 Å². The largest absolute Gasteiger partial charge is 0.348 e. The van der Waals surface area contributed by atoms with E-state index >= 15 is 0 Å². The van der Waals surface area contributed by atoms with E-state index in [2.05, 4.69) is 45.7 Å². The van der Waals surface area contributed by atoms with Gasteiger partial charge in [-0.05, 0) is 60.7 Å². The number of amides is 1. The Morgan fingerprint density at radius 1 is 1.10 bits per heavy atom. The standard InChI is InChI=1S/C25H27N5O/c1-29-15-12-22-19(16-18-8-10-21(11-9-18)30-14-5-13-26-30)17-23(28-24(22)29)25(31)27-20-6-3-2-4-7-20/h5,8-15,17,20H,2-4,6-7,16H2,1H3,(H,27,31). The van der Waals surface area contributed by atoms with Crippen LogP contribution in [0.5, 0.6) is 0 Å². The molecular formula is C25H27N5O. The summed E-state index contributed by atoms with van der Waals surface area (Å²) in [5.74, 6) is -0.0646. The van der Waals surface area contributed by atoms with Crippen molar-refractivity contribution in [1.82, 2.24) is 24.6 Å². The van der Waals surface area contributed by atoms with Crippen molar-refractivity contribution < 1.29 is 4.79 Å². The summed E-state index contributed by atoms with van der Waals surface area (Å²) < 4.78 is 3.83. The van der Waals surface area contributed by atoms with E-state index in [0.717, 1.165) is 41.5 Å². The number of carbonyl (C=O) groups excluding carboxylic acids is 1. The molecule has 158 valence electrons. The van der Waals surface area contributed by atoms with Crippen LogP contribution < -0.4 is 5.32 Å². The minimum atomic E-state index is -0.0646. The molecule has 1 N–H and O–H groups in total. The van der Waals surface area contributed by atoms with Gasteiger partial charge >= 0.3 is 0 Å². The molecule has 3 heterocycles. The van der Waals surface area contributed by atoms with Gasteiger partial charge in [-0.25, -0.2) is 9.67 Å². The minimum Gasteiger partial charge on any atom is -0.348 e. The van der Waals surface area contributed by atoms with Crippen LogP contribution >= 0.6 is 0 Å². The Kier molecular flexibility index (Phi) is 5.28. The third-order valence-electron chi connectivity index (χ3n) is 6.20. The van der Waals surface area contributed by atoms with Gasteiger partial charge in [0.1, 0.15) is 11.3 Å². The maximum absolute atomic E-state index is 13.0. The highest BCUT2D eigenvalue weighted by Gasteiger charge is 2.19. The normalized spacial score (nSPS) is 14.7. The van der Waals surface area contributed by atoms with Gasteiger partial charge in [-0.2, -0.15) is 5.10 Å². The van der Waals surface area contributed by atoms with E-state index in [1.165, 1.54) is 24.8 Å². The van der Waals surface area contributed by atoms with Crippen molar-refractivity contribution >= 4 is 16.9 Å². The quantitative estimate of drug-likeness (QED) is 0.527. The number of carbonyl (C=O) groups is 1. The number of hydrogen-bond acceptors (Lipinski definition) is 3. The van der Waals surface area contributed by atoms with Crippen molar-refractivity contribution in [2.45, 2.75) is 44.6 Å². The van der Waals surface area contributed by atoms with Crippen LogP contribution in [0.2, 0.25) is 0 Å². The molecule has 4 aromatic rings. The molecule has 1 aliphatic rings. The molecule has 0 bridgehead atoms. The number of hydrogen-bond donors (Lipinski definition) is 1. The second kappa shape index (κ2) is 8.38. The van der Waals surface area contributed by atoms with Crippen LogP contribution in [0, 0.1) is 0 Å². The second-order valence-electron chi connectivity index (χ2n) is 8.43. The second-order valence-corrected chi connectivity index (χ2v) is 8.43. The number of rotatable bonds is 5. The van der Waals surface area contributed by atoms with Crippen LogP contribution in [0.3, 0.4) is 0 Å². The molecule has 6 nitrogen and oxygen atoms in total. The number of benzene rings is 1. The summed E-state index contributed by atoms with van der Waals surface area (Å²) >= 11 is 0.